The number of nitrogen functional groups attached to an aromatic ring is 1. The van der Waals surface area contributed by atoms with Crippen LogP contribution in [-0.2, 0) is 0 Å². The standard InChI is InChI=1S/C19H15N5O2/c20-16-2-1-14(10-15(16)18(21)13-4-8-26-11-13)23-19(25)12-3-6-24-7-5-22-17(24)9-12/h1-11,21H,20H2,(H,23,25). The quantitative estimate of drug-likeness (QED) is 0.390. The van der Waals surface area contributed by atoms with E-state index < -0.39 is 0 Å². The Morgan fingerprint density at radius 3 is 2.85 bits per heavy atom. The summed E-state index contributed by atoms with van der Waals surface area (Å²) < 4.78 is 6.84. The number of imidazole rings is 1. The molecule has 26 heavy (non-hydrogen) atoms. The number of anilines is 2. The molecular formula is C19H15N5O2. The van der Waals surface area contributed by atoms with Gasteiger partial charge in [0.05, 0.1) is 18.2 Å². The first-order chi connectivity index (χ1) is 12.6. The van der Waals surface area contributed by atoms with Crippen LogP contribution in [0, 0.1) is 5.41 Å². The third-order valence-corrected chi connectivity index (χ3v) is 4.05. The fourth-order valence-electron chi connectivity index (χ4n) is 2.67. The summed E-state index contributed by atoms with van der Waals surface area (Å²) in [5, 5.41) is 11.1. The van der Waals surface area contributed by atoms with Crippen molar-refractivity contribution in [3.63, 3.8) is 0 Å². The molecule has 0 saturated carbocycles. The van der Waals surface area contributed by atoms with Crippen LogP contribution >= 0.6 is 0 Å². The highest BCUT2D eigenvalue weighted by Crippen LogP contribution is 2.22. The number of nitrogens with two attached hydrogens (primary N) is 1. The number of carbonyl (C=O) groups excluding carboxylic acids is 1. The topological polar surface area (TPSA) is 109 Å². The molecule has 4 rings (SSSR count). The summed E-state index contributed by atoms with van der Waals surface area (Å²) in [4.78, 5) is 16.7. The molecule has 0 bridgehead atoms. The maximum absolute atomic E-state index is 12.5. The number of carbonyl (C=O) groups is 1. The second kappa shape index (κ2) is 6.21. The van der Waals surface area contributed by atoms with Gasteiger partial charge in [-0.1, -0.05) is 0 Å². The first-order valence-electron chi connectivity index (χ1n) is 7.87. The summed E-state index contributed by atoms with van der Waals surface area (Å²) in [7, 11) is 0. The second-order valence-electron chi connectivity index (χ2n) is 5.75. The summed E-state index contributed by atoms with van der Waals surface area (Å²) in [5.74, 6) is -0.263. The Morgan fingerprint density at radius 1 is 1.15 bits per heavy atom. The van der Waals surface area contributed by atoms with Crippen LogP contribution in [0.4, 0.5) is 11.4 Å². The van der Waals surface area contributed by atoms with Gasteiger partial charge in [0.1, 0.15) is 5.65 Å². The molecule has 0 spiro atoms. The largest absolute Gasteiger partial charge is 0.472 e. The molecule has 7 heteroatoms. The Kier molecular flexibility index (Phi) is 3.74. The number of furan rings is 1. The lowest BCUT2D eigenvalue weighted by Gasteiger charge is -2.10. The van der Waals surface area contributed by atoms with Crippen LogP contribution in [0.2, 0.25) is 0 Å². The normalized spacial score (nSPS) is 10.8. The Balaban J connectivity index is 1.60. The Labute approximate surface area is 148 Å². The van der Waals surface area contributed by atoms with Gasteiger partial charge in [-0.3, -0.25) is 10.2 Å². The van der Waals surface area contributed by atoms with E-state index in [1.165, 1.54) is 12.5 Å². The van der Waals surface area contributed by atoms with Crippen molar-refractivity contribution in [1.29, 1.82) is 5.41 Å². The van der Waals surface area contributed by atoms with Crippen LogP contribution in [0.3, 0.4) is 0 Å². The highest BCUT2D eigenvalue weighted by molar-refractivity contribution is 6.14. The SMILES string of the molecule is N=C(c1ccoc1)c1cc(NC(=O)c2ccn3ccnc3c2)ccc1N. The zero-order valence-electron chi connectivity index (χ0n) is 13.6. The first kappa shape index (κ1) is 15.6. The zero-order valence-corrected chi connectivity index (χ0v) is 13.6. The molecular weight excluding hydrogens is 330 g/mol. The summed E-state index contributed by atoms with van der Waals surface area (Å²) in [5.41, 5.74) is 9.55. The van der Waals surface area contributed by atoms with Crippen LogP contribution in [-0.4, -0.2) is 21.0 Å². The van der Waals surface area contributed by atoms with Gasteiger partial charge in [-0.05, 0) is 36.4 Å². The number of nitrogens with zero attached hydrogens (tertiary/aromatic N) is 2. The molecule has 4 N–H and O–H groups in total. The van der Waals surface area contributed by atoms with Gasteiger partial charge in [0.15, 0.2) is 0 Å². The number of rotatable bonds is 4. The molecule has 0 fully saturated rings. The molecule has 7 nitrogen and oxygen atoms in total. The van der Waals surface area contributed by atoms with Crippen LogP contribution < -0.4 is 11.1 Å². The maximum atomic E-state index is 12.5. The van der Waals surface area contributed by atoms with Crippen LogP contribution in [0.25, 0.3) is 5.65 Å². The average molecular weight is 345 g/mol. The van der Waals surface area contributed by atoms with Crippen LogP contribution in [0.1, 0.15) is 21.5 Å². The Bertz CT molecular complexity index is 1110. The second-order valence-corrected chi connectivity index (χ2v) is 5.75. The number of hydrogen-bond donors (Lipinski definition) is 3. The molecule has 0 radical (unpaired) electrons. The van der Waals surface area contributed by atoms with Gasteiger partial charge in [0.25, 0.3) is 5.91 Å². The summed E-state index contributed by atoms with van der Waals surface area (Å²) in [6.07, 6.45) is 8.24. The molecule has 1 aromatic carbocycles. The molecule has 3 heterocycles. The number of hydrogen-bond acceptors (Lipinski definition) is 5. The van der Waals surface area contributed by atoms with Gasteiger partial charge < -0.3 is 19.9 Å². The minimum absolute atomic E-state index is 0.228. The number of benzene rings is 1. The lowest BCUT2D eigenvalue weighted by Crippen LogP contribution is -2.13. The average Bonchev–Trinajstić information content (AvgIpc) is 3.33. The van der Waals surface area contributed by atoms with Gasteiger partial charge in [-0.15, -0.1) is 0 Å². The van der Waals surface area contributed by atoms with Crippen molar-refractivity contribution < 1.29 is 9.21 Å². The van der Waals surface area contributed by atoms with Crippen LogP contribution in [0.5, 0.6) is 0 Å². The summed E-state index contributed by atoms with van der Waals surface area (Å²) in [6.45, 7) is 0. The van der Waals surface area contributed by atoms with Crippen molar-refractivity contribution in [1.82, 2.24) is 9.38 Å². The zero-order chi connectivity index (χ0) is 18.1. The Hall–Kier alpha value is -3.87. The van der Waals surface area contributed by atoms with E-state index in [-0.39, 0.29) is 11.6 Å². The van der Waals surface area contributed by atoms with E-state index in [1.54, 1.807) is 48.8 Å². The van der Waals surface area contributed by atoms with Crippen molar-refractivity contribution >= 4 is 28.6 Å². The predicted molar refractivity (Wildman–Crippen MR) is 98.6 cm³/mol. The number of nitrogens with one attached hydrogen (secondary N) is 2. The smallest absolute Gasteiger partial charge is 0.255 e. The molecule has 1 amide bonds. The van der Waals surface area contributed by atoms with Crippen molar-refractivity contribution in [3.05, 3.63) is 84.2 Å². The molecule has 0 atom stereocenters. The molecule has 128 valence electrons. The Morgan fingerprint density at radius 2 is 2.04 bits per heavy atom. The van der Waals surface area contributed by atoms with E-state index in [2.05, 4.69) is 10.3 Å². The van der Waals surface area contributed by atoms with Gasteiger partial charge in [-0.25, -0.2) is 4.98 Å². The number of amides is 1. The number of aromatic nitrogens is 2. The van der Waals surface area contributed by atoms with Gasteiger partial charge in [-0.2, -0.15) is 0 Å². The fourth-order valence-corrected chi connectivity index (χ4v) is 2.67. The molecule has 0 saturated heterocycles. The first-order valence-corrected chi connectivity index (χ1v) is 7.87. The lowest BCUT2D eigenvalue weighted by molar-refractivity contribution is 0.102. The van der Waals surface area contributed by atoms with Gasteiger partial charge in [0, 0.05) is 46.7 Å². The van der Waals surface area contributed by atoms with Crippen molar-refractivity contribution in [2.75, 3.05) is 11.1 Å². The predicted octanol–water partition coefficient (Wildman–Crippen LogP) is 3.18. The van der Waals surface area contributed by atoms with Gasteiger partial charge in [0.2, 0.25) is 0 Å². The molecule has 0 aliphatic rings. The van der Waals surface area contributed by atoms with Crippen LogP contribution in [0.15, 0.2) is 71.9 Å². The highest BCUT2D eigenvalue weighted by Gasteiger charge is 2.13. The highest BCUT2D eigenvalue weighted by atomic mass is 16.3. The van der Waals surface area contributed by atoms with E-state index in [0.717, 1.165) is 0 Å². The summed E-state index contributed by atoms with van der Waals surface area (Å²) >= 11 is 0. The van der Waals surface area contributed by atoms with E-state index in [9.17, 15) is 4.79 Å². The molecule has 0 aliphatic carbocycles. The van der Waals surface area contributed by atoms with Gasteiger partial charge >= 0.3 is 0 Å². The van der Waals surface area contributed by atoms with E-state index in [4.69, 9.17) is 15.6 Å². The fraction of sp³-hybridized carbons (Fsp3) is 0. The summed E-state index contributed by atoms with van der Waals surface area (Å²) in [6, 6.07) is 10.2. The minimum Gasteiger partial charge on any atom is -0.472 e. The lowest BCUT2D eigenvalue weighted by atomic mass is 10.0. The molecule has 3 aromatic heterocycles. The van der Waals surface area contributed by atoms with E-state index in [1.807, 2.05) is 10.6 Å². The monoisotopic (exact) mass is 345 g/mol. The van der Waals surface area contributed by atoms with Crippen molar-refractivity contribution in [2.24, 2.45) is 0 Å². The third kappa shape index (κ3) is 2.82. The third-order valence-electron chi connectivity index (χ3n) is 4.05. The molecule has 0 aliphatic heterocycles. The minimum atomic E-state index is -0.263. The van der Waals surface area contributed by atoms with E-state index >= 15 is 0 Å². The molecule has 4 aromatic rings. The van der Waals surface area contributed by atoms with E-state index in [0.29, 0.717) is 33.7 Å². The number of pyridine rings is 1. The van der Waals surface area contributed by atoms with Crippen molar-refractivity contribution in [3.8, 4) is 0 Å². The number of fused-ring (bicyclic) bond motifs is 1. The van der Waals surface area contributed by atoms with Crippen molar-refractivity contribution in [2.45, 2.75) is 0 Å². The molecule has 0 unspecified atom stereocenters. The maximum Gasteiger partial charge on any atom is 0.255 e.